The van der Waals surface area contributed by atoms with Crippen LogP contribution in [0.15, 0.2) is 24.3 Å². The maximum Gasteiger partial charge on any atom is 0.419 e. The predicted octanol–water partition coefficient (Wildman–Crippen LogP) is 2.81. The van der Waals surface area contributed by atoms with Crippen molar-refractivity contribution in [3.8, 4) is 5.75 Å². The van der Waals surface area contributed by atoms with Crippen molar-refractivity contribution in [3.05, 3.63) is 29.8 Å². The molecule has 1 heterocycles. The van der Waals surface area contributed by atoms with Gasteiger partial charge in [-0.1, -0.05) is 12.1 Å². The van der Waals surface area contributed by atoms with Crippen molar-refractivity contribution < 1.29 is 32.2 Å². The molecule has 1 aliphatic rings. The lowest BCUT2D eigenvalue weighted by molar-refractivity contribution is -0.145. The van der Waals surface area contributed by atoms with E-state index in [-0.39, 0.29) is 12.7 Å². The largest absolute Gasteiger partial charge is 0.424 e. The number of ether oxygens (including phenoxy) is 3. The molecule has 1 aromatic carbocycles. The lowest BCUT2D eigenvalue weighted by Gasteiger charge is -2.13. The second-order valence-corrected chi connectivity index (χ2v) is 4.62. The summed E-state index contributed by atoms with van der Waals surface area (Å²) in [5, 5.41) is 0. The molecule has 0 amide bonds. The quantitative estimate of drug-likeness (QED) is 0.620. The van der Waals surface area contributed by atoms with Gasteiger partial charge in [-0.05, 0) is 25.0 Å². The SMILES string of the molecule is O=C(COCC1CCCO1)Oc1ccccc1C(F)(F)F. The normalized spacial score (nSPS) is 18.7. The summed E-state index contributed by atoms with van der Waals surface area (Å²) in [6.07, 6.45) is -2.83. The van der Waals surface area contributed by atoms with Gasteiger partial charge in [0.1, 0.15) is 12.4 Å². The zero-order chi connectivity index (χ0) is 15.3. The number of alkyl halides is 3. The Morgan fingerprint density at radius 1 is 1.33 bits per heavy atom. The van der Waals surface area contributed by atoms with E-state index in [0.717, 1.165) is 25.0 Å². The average molecular weight is 304 g/mol. The fourth-order valence-electron chi connectivity index (χ4n) is 1.99. The Bertz CT molecular complexity index is 481. The van der Waals surface area contributed by atoms with E-state index in [2.05, 4.69) is 0 Å². The van der Waals surface area contributed by atoms with Crippen molar-refractivity contribution in [1.29, 1.82) is 0 Å². The molecule has 0 saturated carbocycles. The van der Waals surface area contributed by atoms with Gasteiger partial charge >= 0.3 is 12.1 Å². The predicted molar refractivity (Wildman–Crippen MR) is 66.9 cm³/mol. The van der Waals surface area contributed by atoms with Crippen molar-refractivity contribution >= 4 is 5.97 Å². The van der Waals surface area contributed by atoms with Gasteiger partial charge in [0, 0.05) is 6.61 Å². The van der Waals surface area contributed by atoms with Gasteiger partial charge in [0.05, 0.1) is 18.3 Å². The minimum Gasteiger partial charge on any atom is -0.424 e. The first kappa shape index (κ1) is 15.8. The van der Waals surface area contributed by atoms with Gasteiger partial charge in [0.2, 0.25) is 0 Å². The number of hydrogen-bond acceptors (Lipinski definition) is 4. The van der Waals surface area contributed by atoms with Crippen LogP contribution in [0.4, 0.5) is 13.2 Å². The zero-order valence-electron chi connectivity index (χ0n) is 11.2. The molecule has 0 radical (unpaired) electrons. The highest BCUT2D eigenvalue weighted by molar-refractivity contribution is 5.74. The fraction of sp³-hybridized carbons (Fsp3) is 0.500. The van der Waals surface area contributed by atoms with Crippen LogP contribution in [-0.4, -0.2) is 31.9 Å². The second-order valence-electron chi connectivity index (χ2n) is 4.62. The van der Waals surface area contributed by atoms with Crippen molar-refractivity contribution in [2.24, 2.45) is 0 Å². The molecule has 1 aliphatic heterocycles. The minimum absolute atomic E-state index is 0.0553. The molecule has 21 heavy (non-hydrogen) atoms. The summed E-state index contributed by atoms with van der Waals surface area (Å²) in [5.74, 6) is -1.39. The summed E-state index contributed by atoms with van der Waals surface area (Å²) in [4.78, 5) is 11.5. The topological polar surface area (TPSA) is 44.8 Å². The van der Waals surface area contributed by atoms with E-state index in [1.165, 1.54) is 12.1 Å². The van der Waals surface area contributed by atoms with Crippen molar-refractivity contribution in [3.63, 3.8) is 0 Å². The van der Waals surface area contributed by atoms with Gasteiger partial charge in [-0.2, -0.15) is 13.2 Å². The number of esters is 1. The van der Waals surface area contributed by atoms with Gasteiger partial charge in [-0.3, -0.25) is 0 Å². The summed E-state index contributed by atoms with van der Waals surface area (Å²) in [6.45, 7) is 0.486. The molecule has 1 saturated heterocycles. The van der Waals surface area contributed by atoms with E-state index in [1.54, 1.807) is 0 Å². The molecule has 0 bridgehead atoms. The Morgan fingerprint density at radius 2 is 2.10 bits per heavy atom. The zero-order valence-corrected chi connectivity index (χ0v) is 11.2. The highest BCUT2D eigenvalue weighted by atomic mass is 19.4. The third kappa shape index (κ3) is 4.71. The van der Waals surface area contributed by atoms with Crippen LogP contribution in [0.3, 0.4) is 0 Å². The summed E-state index contributed by atoms with van der Waals surface area (Å²) >= 11 is 0. The first-order valence-electron chi connectivity index (χ1n) is 6.53. The van der Waals surface area contributed by atoms with E-state index in [0.29, 0.717) is 6.61 Å². The number of carbonyl (C=O) groups is 1. The van der Waals surface area contributed by atoms with Crippen molar-refractivity contribution in [2.75, 3.05) is 19.8 Å². The van der Waals surface area contributed by atoms with Crippen LogP contribution in [0.2, 0.25) is 0 Å². The Kier molecular flexibility index (Phi) is 5.19. The molecule has 4 nitrogen and oxygen atoms in total. The third-order valence-corrected chi connectivity index (χ3v) is 2.96. The van der Waals surface area contributed by atoms with Crippen LogP contribution in [0, 0.1) is 0 Å². The molecule has 0 aromatic heterocycles. The molecule has 116 valence electrons. The van der Waals surface area contributed by atoms with Crippen LogP contribution in [-0.2, 0) is 20.4 Å². The van der Waals surface area contributed by atoms with Gasteiger partial charge in [-0.15, -0.1) is 0 Å². The van der Waals surface area contributed by atoms with E-state index in [9.17, 15) is 18.0 Å². The number of hydrogen-bond donors (Lipinski definition) is 0. The number of halogens is 3. The smallest absolute Gasteiger partial charge is 0.419 e. The Hall–Kier alpha value is -1.60. The summed E-state index contributed by atoms with van der Waals surface area (Å²) < 4.78 is 53.2. The van der Waals surface area contributed by atoms with E-state index in [4.69, 9.17) is 14.2 Å². The van der Waals surface area contributed by atoms with Gasteiger partial charge in [-0.25, -0.2) is 4.79 Å². The second kappa shape index (κ2) is 6.91. The number of benzene rings is 1. The first-order valence-corrected chi connectivity index (χ1v) is 6.53. The van der Waals surface area contributed by atoms with Crippen LogP contribution < -0.4 is 4.74 Å². The summed E-state index contributed by atoms with van der Waals surface area (Å²) in [5.41, 5.74) is -0.988. The molecule has 1 unspecified atom stereocenters. The fourth-order valence-corrected chi connectivity index (χ4v) is 1.99. The van der Waals surface area contributed by atoms with E-state index >= 15 is 0 Å². The molecular formula is C14H15F3O4. The monoisotopic (exact) mass is 304 g/mol. The standard InChI is InChI=1S/C14H15F3O4/c15-14(16,17)11-5-1-2-6-12(11)21-13(18)9-19-8-10-4-3-7-20-10/h1-2,5-6,10H,3-4,7-9H2. The number of para-hydroxylation sites is 1. The molecule has 0 spiro atoms. The average Bonchev–Trinajstić information content (AvgIpc) is 2.91. The molecule has 0 N–H and O–H groups in total. The number of carbonyl (C=O) groups excluding carboxylic acids is 1. The number of rotatable bonds is 5. The van der Waals surface area contributed by atoms with Gasteiger partial charge in [0.25, 0.3) is 0 Å². The third-order valence-electron chi connectivity index (χ3n) is 2.96. The maximum atomic E-state index is 12.7. The Morgan fingerprint density at radius 3 is 2.76 bits per heavy atom. The molecule has 1 aromatic rings. The summed E-state index contributed by atoms with van der Waals surface area (Å²) in [7, 11) is 0. The molecular weight excluding hydrogens is 289 g/mol. The maximum absolute atomic E-state index is 12.7. The van der Waals surface area contributed by atoms with E-state index < -0.39 is 30.1 Å². The molecule has 0 aliphatic carbocycles. The Balaban J connectivity index is 1.85. The van der Waals surface area contributed by atoms with Crippen LogP contribution in [0.5, 0.6) is 5.75 Å². The van der Waals surface area contributed by atoms with Crippen LogP contribution in [0.1, 0.15) is 18.4 Å². The first-order chi connectivity index (χ1) is 9.97. The highest BCUT2D eigenvalue weighted by Gasteiger charge is 2.34. The van der Waals surface area contributed by atoms with Crippen LogP contribution in [0.25, 0.3) is 0 Å². The van der Waals surface area contributed by atoms with Gasteiger partial charge in [0.15, 0.2) is 0 Å². The summed E-state index contributed by atoms with van der Waals surface area (Å²) in [6, 6.07) is 4.55. The molecule has 1 atom stereocenters. The van der Waals surface area contributed by atoms with Gasteiger partial charge < -0.3 is 14.2 Å². The molecule has 7 heteroatoms. The van der Waals surface area contributed by atoms with Crippen molar-refractivity contribution in [2.45, 2.75) is 25.1 Å². The lowest BCUT2D eigenvalue weighted by Crippen LogP contribution is -2.22. The minimum atomic E-state index is -4.57. The molecule has 1 fully saturated rings. The Labute approximate surface area is 119 Å². The van der Waals surface area contributed by atoms with Crippen molar-refractivity contribution in [1.82, 2.24) is 0 Å². The lowest BCUT2D eigenvalue weighted by atomic mass is 10.2. The highest BCUT2D eigenvalue weighted by Crippen LogP contribution is 2.35. The van der Waals surface area contributed by atoms with Crippen LogP contribution >= 0.6 is 0 Å². The molecule has 2 rings (SSSR count). The van der Waals surface area contributed by atoms with E-state index in [1.807, 2.05) is 0 Å².